The van der Waals surface area contributed by atoms with Gasteiger partial charge in [-0.2, -0.15) is 0 Å². The molecule has 0 bridgehead atoms. The highest BCUT2D eigenvalue weighted by Gasteiger charge is 2.50. The van der Waals surface area contributed by atoms with Gasteiger partial charge in [-0.1, -0.05) is 0 Å². The lowest BCUT2D eigenvalue weighted by Crippen LogP contribution is -2.60. The number of methoxy groups -OCH3 is 1. The molecule has 12 heteroatoms. The summed E-state index contributed by atoms with van der Waals surface area (Å²) in [5.74, 6) is 0.166. The SMILES string of the molecule is COc1cc(O)ccc1O[C@@H]1O[C@H](CO[C@@H]2OCC(O)(CO)[C@H]2O)[C@@H](O)[C@@H](O)[C@H]1O. The van der Waals surface area contributed by atoms with E-state index in [1.807, 2.05) is 0 Å². The number of hydrogen-bond donors (Lipinski definition) is 7. The third-order valence-electron chi connectivity index (χ3n) is 5.06. The predicted octanol–water partition coefficient (Wildman–Crippen LogP) is -2.96. The van der Waals surface area contributed by atoms with Gasteiger partial charge in [-0.05, 0) is 12.1 Å². The summed E-state index contributed by atoms with van der Waals surface area (Å²) in [6.07, 6.45) is -10.3. The van der Waals surface area contributed by atoms with Crippen LogP contribution in [0.3, 0.4) is 0 Å². The number of benzene rings is 1. The number of phenolic OH excluding ortho intramolecular Hbond substituents is 1. The van der Waals surface area contributed by atoms with Crippen LogP contribution < -0.4 is 9.47 Å². The first-order valence-electron chi connectivity index (χ1n) is 9.18. The van der Waals surface area contributed by atoms with Gasteiger partial charge in [0.1, 0.15) is 41.9 Å². The lowest BCUT2D eigenvalue weighted by atomic mass is 9.99. The summed E-state index contributed by atoms with van der Waals surface area (Å²) in [4.78, 5) is 0. The molecule has 8 atom stereocenters. The van der Waals surface area contributed by atoms with E-state index >= 15 is 0 Å². The van der Waals surface area contributed by atoms with Gasteiger partial charge in [0.2, 0.25) is 6.29 Å². The molecule has 0 radical (unpaired) electrons. The molecule has 0 amide bonds. The summed E-state index contributed by atoms with van der Waals surface area (Å²) in [6, 6.07) is 3.96. The molecule has 2 aliphatic rings. The van der Waals surface area contributed by atoms with Gasteiger partial charge in [0.05, 0.1) is 26.9 Å². The third kappa shape index (κ3) is 4.46. The van der Waals surface area contributed by atoms with Crippen LogP contribution in [-0.4, -0.2) is 111 Å². The zero-order valence-corrected chi connectivity index (χ0v) is 16.1. The van der Waals surface area contributed by atoms with E-state index < -0.39 is 61.9 Å². The summed E-state index contributed by atoms with van der Waals surface area (Å²) in [5.41, 5.74) is -1.88. The Morgan fingerprint density at radius 1 is 1.07 bits per heavy atom. The number of rotatable bonds is 7. The molecular weight excluding hydrogens is 408 g/mol. The fourth-order valence-electron chi connectivity index (χ4n) is 3.15. The molecule has 0 spiro atoms. The largest absolute Gasteiger partial charge is 0.508 e. The van der Waals surface area contributed by atoms with E-state index in [0.29, 0.717) is 0 Å². The summed E-state index contributed by atoms with van der Waals surface area (Å²) in [6.45, 7) is -1.51. The number of phenols is 1. The maximum atomic E-state index is 10.2. The van der Waals surface area contributed by atoms with Gasteiger partial charge in [0.25, 0.3) is 0 Å². The first-order valence-corrected chi connectivity index (χ1v) is 9.18. The van der Waals surface area contributed by atoms with Crippen molar-refractivity contribution in [2.45, 2.75) is 48.7 Å². The topological polar surface area (TPSA) is 188 Å². The van der Waals surface area contributed by atoms with Crippen molar-refractivity contribution in [3.8, 4) is 17.2 Å². The molecule has 3 rings (SSSR count). The van der Waals surface area contributed by atoms with Crippen LogP contribution in [0.4, 0.5) is 0 Å². The molecule has 2 fully saturated rings. The maximum absolute atomic E-state index is 10.2. The predicted molar refractivity (Wildman–Crippen MR) is 95.7 cm³/mol. The number of hydrogen-bond acceptors (Lipinski definition) is 12. The molecule has 0 aliphatic carbocycles. The molecule has 1 aromatic carbocycles. The number of aromatic hydroxyl groups is 1. The second-order valence-electron chi connectivity index (χ2n) is 7.19. The highest BCUT2D eigenvalue weighted by molar-refractivity contribution is 5.45. The second-order valence-corrected chi connectivity index (χ2v) is 7.19. The van der Waals surface area contributed by atoms with E-state index in [4.69, 9.17) is 28.8 Å². The van der Waals surface area contributed by atoms with Crippen LogP contribution in [0.5, 0.6) is 17.2 Å². The van der Waals surface area contributed by atoms with Gasteiger partial charge in [-0.25, -0.2) is 0 Å². The fourth-order valence-corrected chi connectivity index (χ4v) is 3.15. The van der Waals surface area contributed by atoms with Crippen molar-refractivity contribution >= 4 is 0 Å². The minimum atomic E-state index is -1.88. The molecule has 2 saturated heterocycles. The molecule has 0 saturated carbocycles. The van der Waals surface area contributed by atoms with Crippen molar-refractivity contribution in [2.75, 3.05) is 26.9 Å². The fraction of sp³-hybridized carbons (Fsp3) is 0.667. The van der Waals surface area contributed by atoms with Crippen molar-refractivity contribution in [2.24, 2.45) is 0 Å². The smallest absolute Gasteiger partial charge is 0.229 e. The van der Waals surface area contributed by atoms with Gasteiger partial charge in [-0.3, -0.25) is 0 Å². The lowest BCUT2D eigenvalue weighted by molar-refractivity contribution is -0.289. The number of aliphatic hydroxyl groups excluding tert-OH is 5. The molecule has 12 nitrogen and oxygen atoms in total. The Labute approximate surface area is 171 Å². The summed E-state index contributed by atoms with van der Waals surface area (Å²) in [7, 11) is 1.34. The number of aliphatic hydroxyl groups is 6. The van der Waals surface area contributed by atoms with Gasteiger partial charge in [0, 0.05) is 6.07 Å². The molecular formula is C18H26O12. The first kappa shape index (κ1) is 22.9. The van der Waals surface area contributed by atoms with E-state index in [1.54, 1.807) is 0 Å². The van der Waals surface area contributed by atoms with Crippen LogP contribution in [0, 0.1) is 0 Å². The van der Waals surface area contributed by atoms with E-state index in [1.165, 1.54) is 25.3 Å². The second kappa shape index (κ2) is 9.18. The Bertz CT molecular complexity index is 716. The van der Waals surface area contributed by atoms with Crippen molar-refractivity contribution in [1.29, 1.82) is 0 Å². The zero-order chi connectivity index (χ0) is 22.1. The minimum absolute atomic E-state index is 0.0796. The van der Waals surface area contributed by atoms with Crippen LogP contribution in [0.1, 0.15) is 0 Å². The van der Waals surface area contributed by atoms with Crippen LogP contribution >= 0.6 is 0 Å². The Kier molecular flexibility index (Phi) is 7.02. The van der Waals surface area contributed by atoms with Crippen molar-refractivity contribution in [3.05, 3.63) is 18.2 Å². The Morgan fingerprint density at radius 2 is 1.80 bits per heavy atom. The van der Waals surface area contributed by atoms with Gasteiger partial charge in [-0.15, -0.1) is 0 Å². The molecule has 30 heavy (non-hydrogen) atoms. The maximum Gasteiger partial charge on any atom is 0.229 e. The lowest BCUT2D eigenvalue weighted by Gasteiger charge is -2.40. The molecule has 170 valence electrons. The third-order valence-corrected chi connectivity index (χ3v) is 5.06. The van der Waals surface area contributed by atoms with Crippen molar-refractivity contribution in [3.63, 3.8) is 0 Å². The first-order chi connectivity index (χ1) is 14.2. The van der Waals surface area contributed by atoms with Crippen LogP contribution in [0.25, 0.3) is 0 Å². The highest BCUT2D eigenvalue weighted by Crippen LogP contribution is 2.34. The van der Waals surface area contributed by atoms with Gasteiger partial charge in [0.15, 0.2) is 17.8 Å². The summed E-state index contributed by atoms with van der Waals surface area (Å²) < 4.78 is 26.6. The standard InChI is InChI=1S/C18H26O12/c1-26-10-4-8(20)2-3-9(10)29-16-14(23)13(22)12(21)11(30-16)5-27-17-15(24)18(25,6-19)7-28-17/h2-4,11-17,19-25H,5-7H2,1H3/t11-,12-,13-,14-,15+,16-,17-,18?/m1/s1. The summed E-state index contributed by atoms with van der Waals surface area (Å²) in [5, 5.41) is 69.2. The van der Waals surface area contributed by atoms with Crippen molar-refractivity contribution in [1.82, 2.24) is 0 Å². The Hall–Kier alpha value is -1.74. The molecule has 7 N–H and O–H groups in total. The summed E-state index contributed by atoms with van der Waals surface area (Å²) >= 11 is 0. The quantitative estimate of drug-likeness (QED) is 0.231. The van der Waals surface area contributed by atoms with Crippen LogP contribution in [-0.2, 0) is 14.2 Å². The van der Waals surface area contributed by atoms with E-state index in [2.05, 4.69) is 0 Å². The van der Waals surface area contributed by atoms with Crippen molar-refractivity contribution < 1.29 is 59.4 Å². The minimum Gasteiger partial charge on any atom is -0.508 e. The highest BCUT2D eigenvalue weighted by atomic mass is 16.7. The van der Waals surface area contributed by atoms with Gasteiger partial charge >= 0.3 is 0 Å². The van der Waals surface area contributed by atoms with E-state index in [0.717, 1.165) is 0 Å². The molecule has 1 aromatic rings. The molecule has 0 aromatic heterocycles. The molecule has 2 heterocycles. The molecule has 1 unspecified atom stereocenters. The molecule has 2 aliphatic heterocycles. The van der Waals surface area contributed by atoms with Crippen LogP contribution in [0.15, 0.2) is 18.2 Å². The monoisotopic (exact) mass is 434 g/mol. The van der Waals surface area contributed by atoms with Crippen LogP contribution in [0.2, 0.25) is 0 Å². The average Bonchev–Trinajstić information content (AvgIpc) is 3.03. The van der Waals surface area contributed by atoms with E-state index in [9.17, 15) is 30.6 Å². The Balaban J connectivity index is 1.66. The van der Waals surface area contributed by atoms with Gasteiger partial charge < -0.3 is 59.4 Å². The number of ether oxygens (including phenoxy) is 5. The zero-order valence-electron chi connectivity index (χ0n) is 16.1. The normalized spacial score (nSPS) is 39.1. The average molecular weight is 434 g/mol. The van der Waals surface area contributed by atoms with E-state index in [-0.39, 0.29) is 23.9 Å². The Morgan fingerprint density at radius 3 is 2.43 bits per heavy atom.